The number of piperidine rings is 1. The van der Waals surface area contributed by atoms with Gasteiger partial charge in [-0.1, -0.05) is 0 Å². The summed E-state index contributed by atoms with van der Waals surface area (Å²) in [7, 11) is 3.89. The van der Waals surface area contributed by atoms with Crippen LogP contribution in [0.1, 0.15) is 23.2 Å². The summed E-state index contributed by atoms with van der Waals surface area (Å²) in [5, 5.41) is 9.35. The first-order chi connectivity index (χ1) is 8.58. The van der Waals surface area contributed by atoms with Crippen molar-refractivity contribution in [3.05, 3.63) is 24.0 Å². The van der Waals surface area contributed by atoms with Crippen LogP contribution < -0.4 is 0 Å². The first-order valence-electron chi connectivity index (χ1n) is 6.17. The first-order valence-corrected chi connectivity index (χ1v) is 6.17. The molecular formula is C13H19N3O2. The van der Waals surface area contributed by atoms with Gasteiger partial charge in [-0.15, -0.1) is 0 Å². The Labute approximate surface area is 107 Å². The zero-order chi connectivity index (χ0) is 13.1. The molecule has 1 aromatic rings. The van der Waals surface area contributed by atoms with Crippen LogP contribution in [0.15, 0.2) is 18.5 Å². The van der Waals surface area contributed by atoms with Gasteiger partial charge in [0.05, 0.1) is 11.8 Å². The second-order valence-electron chi connectivity index (χ2n) is 4.91. The van der Waals surface area contributed by atoms with Gasteiger partial charge in [0.25, 0.3) is 5.91 Å². The molecule has 1 saturated heterocycles. The quantitative estimate of drug-likeness (QED) is 0.848. The molecule has 1 atom stereocenters. The molecule has 18 heavy (non-hydrogen) atoms. The van der Waals surface area contributed by atoms with Crippen molar-refractivity contribution < 1.29 is 9.90 Å². The molecule has 5 heteroatoms. The zero-order valence-electron chi connectivity index (χ0n) is 10.8. The molecule has 0 aromatic carbocycles. The molecule has 1 amide bonds. The molecule has 2 heterocycles. The Morgan fingerprint density at radius 2 is 2.33 bits per heavy atom. The number of aromatic nitrogens is 1. The maximum atomic E-state index is 12.3. The number of hydrogen-bond acceptors (Lipinski definition) is 4. The summed E-state index contributed by atoms with van der Waals surface area (Å²) in [6.45, 7) is 1.99. The normalized spacial score (nSPS) is 20.7. The van der Waals surface area contributed by atoms with Crippen molar-refractivity contribution in [1.82, 2.24) is 14.8 Å². The molecule has 1 N–H and O–H groups in total. The number of hydrogen-bond donors (Lipinski definition) is 1. The molecule has 1 aromatic heterocycles. The molecule has 98 valence electrons. The Bertz CT molecular complexity index is 436. The van der Waals surface area contributed by atoms with Crippen LogP contribution in [-0.2, 0) is 0 Å². The number of pyridine rings is 1. The number of likely N-dealkylation sites (tertiary alicyclic amines) is 1. The first kappa shape index (κ1) is 12.8. The molecule has 1 aliphatic rings. The smallest absolute Gasteiger partial charge is 0.255 e. The highest BCUT2D eigenvalue weighted by atomic mass is 16.3. The van der Waals surface area contributed by atoms with E-state index in [9.17, 15) is 9.90 Å². The van der Waals surface area contributed by atoms with Crippen LogP contribution in [0.5, 0.6) is 5.75 Å². The lowest BCUT2D eigenvalue weighted by Gasteiger charge is -2.35. The molecule has 2 rings (SSSR count). The van der Waals surface area contributed by atoms with E-state index < -0.39 is 0 Å². The van der Waals surface area contributed by atoms with Crippen LogP contribution in [0.3, 0.4) is 0 Å². The molecule has 5 nitrogen and oxygen atoms in total. The van der Waals surface area contributed by atoms with Crippen molar-refractivity contribution >= 4 is 5.91 Å². The predicted molar refractivity (Wildman–Crippen MR) is 68.5 cm³/mol. The van der Waals surface area contributed by atoms with Gasteiger partial charge in [-0.25, -0.2) is 0 Å². The van der Waals surface area contributed by atoms with Crippen molar-refractivity contribution in [1.29, 1.82) is 0 Å². The standard InChI is InChI=1S/C13H19N3O2/c1-15-5-3-4-11(9-15)16(2)13(18)10-6-12(17)8-14-7-10/h6-8,11,17H,3-5,9H2,1-2H3. The Kier molecular flexibility index (Phi) is 3.81. The lowest BCUT2D eigenvalue weighted by atomic mass is 10.0. The number of rotatable bonds is 2. The van der Waals surface area contributed by atoms with Gasteiger partial charge >= 0.3 is 0 Å². The van der Waals surface area contributed by atoms with Gasteiger partial charge < -0.3 is 14.9 Å². The minimum atomic E-state index is -0.0845. The zero-order valence-corrected chi connectivity index (χ0v) is 10.8. The van der Waals surface area contributed by atoms with Crippen molar-refractivity contribution in [2.75, 3.05) is 27.2 Å². The van der Waals surface area contributed by atoms with Crippen LogP contribution in [0.4, 0.5) is 0 Å². The Hall–Kier alpha value is -1.62. The topological polar surface area (TPSA) is 56.7 Å². The predicted octanol–water partition coefficient (Wildman–Crippen LogP) is 0.953. The van der Waals surface area contributed by atoms with Crippen molar-refractivity contribution in [3.8, 4) is 5.75 Å². The molecule has 1 fully saturated rings. The number of likely N-dealkylation sites (N-methyl/N-ethyl adjacent to an activating group) is 2. The Balaban J connectivity index is 2.08. The number of amides is 1. The third-order valence-electron chi connectivity index (χ3n) is 3.44. The molecule has 1 aliphatic heterocycles. The van der Waals surface area contributed by atoms with E-state index in [2.05, 4.69) is 16.9 Å². The van der Waals surface area contributed by atoms with E-state index in [1.165, 1.54) is 18.5 Å². The summed E-state index contributed by atoms with van der Waals surface area (Å²) in [4.78, 5) is 20.1. The van der Waals surface area contributed by atoms with E-state index in [4.69, 9.17) is 0 Å². The Morgan fingerprint density at radius 1 is 1.56 bits per heavy atom. The molecular weight excluding hydrogens is 230 g/mol. The maximum Gasteiger partial charge on any atom is 0.255 e. The van der Waals surface area contributed by atoms with Gasteiger partial charge in [0.2, 0.25) is 0 Å². The van der Waals surface area contributed by atoms with Gasteiger partial charge in [0.15, 0.2) is 0 Å². The van der Waals surface area contributed by atoms with E-state index in [-0.39, 0.29) is 17.7 Å². The third kappa shape index (κ3) is 2.79. The molecule has 0 aliphatic carbocycles. The average molecular weight is 249 g/mol. The minimum Gasteiger partial charge on any atom is -0.506 e. The van der Waals surface area contributed by atoms with Crippen LogP contribution in [0, 0.1) is 0 Å². The molecule has 0 radical (unpaired) electrons. The van der Waals surface area contributed by atoms with E-state index in [0.717, 1.165) is 25.9 Å². The van der Waals surface area contributed by atoms with Gasteiger partial charge in [-0.2, -0.15) is 0 Å². The fourth-order valence-electron chi connectivity index (χ4n) is 2.37. The van der Waals surface area contributed by atoms with Crippen LogP contribution in [-0.4, -0.2) is 59.0 Å². The average Bonchev–Trinajstić information content (AvgIpc) is 2.37. The van der Waals surface area contributed by atoms with E-state index >= 15 is 0 Å². The minimum absolute atomic E-state index is 0.0232. The SMILES string of the molecule is CN1CCCC(N(C)C(=O)c2cncc(O)c2)C1. The number of carbonyl (C=O) groups is 1. The highest BCUT2D eigenvalue weighted by Crippen LogP contribution is 2.17. The molecule has 1 unspecified atom stereocenters. The summed E-state index contributed by atoms with van der Waals surface area (Å²) >= 11 is 0. The molecule has 0 saturated carbocycles. The second kappa shape index (κ2) is 5.35. The van der Waals surface area contributed by atoms with Gasteiger partial charge in [-0.05, 0) is 32.5 Å². The largest absolute Gasteiger partial charge is 0.506 e. The summed E-state index contributed by atoms with van der Waals surface area (Å²) in [6, 6.07) is 1.69. The van der Waals surface area contributed by atoms with Crippen molar-refractivity contribution in [3.63, 3.8) is 0 Å². The summed E-state index contributed by atoms with van der Waals surface area (Å²) in [5.74, 6) is -0.0614. The Morgan fingerprint density at radius 3 is 3.00 bits per heavy atom. The van der Waals surface area contributed by atoms with Gasteiger partial charge in [0, 0.05) is 25.8 Å². The molecule has 0 spiro atoms. The second-order valence-corrected chi connectivity index (χ2v) is 4.91. The van der Waals surface area contributed by atoms with Crippen molar-refractivity contribution in [2.24, 2.45) is 0 Å². The number of nitrogens with zero attached hydrogens (tertiary/aromatic N) is 3. The number of aromatic hydroxyl groups is 1. The van der Waals surface area contributed by atoms with E-state index in [0.29, 0.717) is 5.56 Å². The summed E-state index contributed by atoms with van der Waals surface area (Å²) in [6.07, 6.45) is 4.95. The monoisotopic (exact) mass is 249 g/mol. The fraction of sp³-hybridized carbons (Fsp3) is 0.538. The van der Waals surface area contributed by atoms with Crippen molar-refractivity contribution in [2.45, 2.75) is 18.9 Å². The third-order valence-corrected chi connectivity index (χ3v) is 3.44. The van der Waals surface area contributed by atoms with E-state index in [1.807, 2.05) is 7.05 Å². The fourth-order valence-corrected chi connectivity index (χ4v) is 2.37. The molecule has 0 bridgehead atoms. The highest BCUT2D eigenvalue weighted by Gasteiger charge is 2.25. The van der Waals surface area contributed by atoms with Crippen LogP contribution in [0.25, 0.3) is 0 Å². The van der Waals surface area contributed by atoms with Gasteiger partial charge in [0.1, 0.15) is 5.75 Å². The lowest BCUT2D eigenvalue weighted by Crippen LogP contribution is -2.47. The van der Waals surface area contributed by atoms with Crippen LogP contribution in [0.2, 0.25) is 0 Å². The summed E-state index contributed by atoms with van der Waals surface area (Å²) < 4.78 is 0. The van der Waals surface area contributed by atoms with E-state index in [1.54, 1.807) is 4.90 Å². The highest BCUT2D eigenvalue weighted by molar-refractivity contribution is 5.94. The maximum absolute atomic E-state index is 12.3. The summed E-state index contributed by atoms with van der Waals surface area (Å²) in [5.41, 5.74) is 0.436. The van der Waals surface area contributed by atoms with Gasteiger partial charge in [-0.3, -0.25) is 9.78 Å². The van der Waals surface area contributed by atoms with Crippen LogP contribution >= 0.6 is 0 Å². The lowest BCUT2D eigenvalue weighted by molar-refractivity contribution is 0.0643. The number of carbonyl (C=O) groups excluding carboxylic acids is 1.